The van der Waals surface area contributed by atoms with E-state index < -0.39 is 26.0 Å². The van der Waals surface area contributed by atoms with Crippen LogP contribution in [0.3, 0.4) is 0 Å². The number of halogens is 2. The third-order valence-electron chi connectivity index (χ3n) is 2.41. The lowest BCUT2D eigenvalue weighted by Gasteiger charge is -2.26. The van der Waals surface area contributed by atoms with Crippen LogP contribution in [0.4, 0.5) is 4.39 Å². The molecule has 0 saturated carbocycles. The number of aliphatic hydroxyl groups excluding tert-OH is 1. The van der Waals surface area contributed by atoms with E-state index in [2.05, 4.69) is 0 Å². The molecule has 0 fully saturated rings. The molecule has 0 bridgehead atoms. The lowest BCUT2D eigenvalue weighted by atomic mass is 10.1. The molecule has 16 heavy (non-hydrogen) atoms. The van der Waals surface area contributed by atoms with Gasteiger partial charge in [-0.3, -0.25) is 0 Å². The van der Waals surface area contributed by atoms with Crippen molar-refractivity contribution in [2.45, 2.75) is 17.2 Å². The smallest absolute Gasteiger partial charge is 0.172 e. The molecule has 0 aliphatic heterocycles. The Bertz CT molecular complexity index is 485. The molecule has 0 aromatic heterocycles. The molecule has 0 spiro atoms. The molecule has 0 heterocycles. The number of aliphatic hydroxyl groups is 1. The van der Waals surface area contributed by atoms with E-state index in [1.807, 2.05) is 0 Å². The molecule has 1 N–H and O–H groups in total. The normalized spacial score (nSPS) is 17.8. The molecule has 1 rings (SSSR count). The van der Waals surface area contributed by atoms with Gasteiger partial charge < -0.3 is 5.11 Å². The highest BCUT2D eigenvalue weighted by atomic mass is 35.5. The minimum absolute atomic E-state index is 0.134. The second-order valence-electron chi connectivity index (χ2n) is 3.68. The zero-order valence-electron chi connectivity index (χ0n) is 8.81. The molecule has 2 atom stereocenters. The summed E-state index contributed by atoms with van der Waals surface area (Å²) in [6.07, 6.45) is -0.727. The summed E-state index contributed by atoms with van der Waals surface area (Å²) in [5.41, 5.74) is -0.134. The fraction of sp³-hybridized carbons (Fsp3) is 0.400. The number of rotatable bonds is 3. The van der Waals surface area contributed by atoms with Crippen LogP contribution in [-0.4, -0.2) is 24.0 Å². The van der Waals surface area contributed by atoms with Gasteiger partial charge >= 0.3 is 0 Å². The number of hydrogen-bond acceptors (Lipinski definition) is 3. The molecule has 90 valence electrons. The van der Waals surface area contributed by atoms with Crippen molar-refractivity contribution in [2.24, 2.45) is 0 Å². The van der Waals surface area contributed by atoms with Gasteiger partial charge in [0.25, 0.3) is 0 Å². The Morgan fingerprint density at radius 1 is 1.44 bits per heavy atom. The second-order valence-corrected chi connectivity index (χ2v) is 7.08. The second kappa shape index (κ2) is 4.31. The van der Waals surface area contributed by atoms with Gasteiger partial charge in [0.05, 0.1) is 0 Å². The van der Waals surface area contributed by atoms with Crippen LogP contribution in [0, 0.1) is 5.82 Å². The predicted octanol–water partition coefficient (Wildman–Crippen LogP) is 1.86. The highest BCUT2D eigenvalue weighted by Gasteiger charge is 2.42. The predicted molar refractivity (Wildman–Crippen MR) is 60.5 cm³/mol. The molecule has 0 aliphatic rings. The van der Waals surface area contributed by atoms with Crippen LogP contribution in [0.2, 0.25) is 0 Å². The van der Waals surface area contributed by atoms with Crippen LogP contribution in [0.1, 0.15) is 18.6 Å². The Morgan fingerprint density at radius 2 is 1.94 bits per heavy atom. The standard InChI is InChI=1S/C10H12ClFO3S/c1-10(11,16(2,14)15)9(13)7-5-3-4-6-8(7)12/h3-6,9,13H,1-2H3/t9-,10-/m1/s1. The minimum Gasteiger partial charge on any atom is -0.385 e. The van der Waals surface area contributed by atoms with Crippen molar-refractivity contribution in [3.05, 3.63) is 35.6 Å². The van der Waals surface area contributed by atoms with E-state index in [0.717, 1.165) is 19.2 Å². The molecule has 3 nitrogen and oxygen atoms in total. The minimum atomic E-state index is -3.72. The average molecular weight is 267 g/mol. The molecule has 6 heteroatoms. The molecule has 1 aromatic rings. The lowest BCUT2D eigenvalue weighted by molar-refractivity contribution is 0.158. The first-order valence-electron chi connectivity index (χ1n) is 4.49. The Labute approximate surface area is 98.8 Å². The summed E-state index contributed by atoms with van der Waals surface area (Å²) >= 11 is 5.76. The molecular formula is C10H12ClFO3S. The quantitative estimate of drug-likeness (QED) is 0.850. The van der Waals surface area contributed by atoms with Crippen molar-refractivity contribution in [3.8, 4) is 0 Å². The van der Waals surface area contributed by atoms with E-state index in [0.29, 0.717) is 0 Å². The van der Waals surface area contributed by atoms with Gasteiger partial charge in [0, 0.05) is 11.8 Å². The molecular weight excluding hydrogens is 255 g/mol. The molecule has 0 radical (unpaired) electrons. The van der Waals surface area contributed by atoms with Crippen molar-refractivity contribution >= 4 is 21.4 Å². The number of hydrogen-bond donors (Lipinski definition) is 1. The van der Waals surface area contributed by atoms with Gasteiger partial charge in [-0.1, -0.05) is 29.8 Å². The fourth-order valence-electron chi connectivity index (χ4n) is 1.18. The van der Waals surface area contributed by atoms with Crippen molar-refractivity contribution in [3.63, 3.8) is 0 Å². The Hall–Kier alpha value is -0.650. The van der Waals surface area contributed by atoms with Crippen LogP contribution in [0.15, 0.2) is 24.3 Å². The van der Waals surface area contributed by atoms with Crippen LogP contribution in [-0.2, 0) is 9.84 Å². The Morgan fingerprint density at radius 3 is 2.38 bits per heavy atom. The van der Waals surface area contributed by atoms with E-state index in [1.165, 1.54) is 18.2 Å². The maximum Gasteiger partial charge on any atom is 0.172 e. The summed E-state index contributed by atoms with van der Waals surface area (Å²) in [7, 11) is -3.72. The maximum absolute atomic E-state index is 13.3. The van der Waals surface area contributed by atoms with Gasteiger partial charge in [-0.15, -0.1) is 0 Å². The summed E-state index contributed by atoms with van der Waals surface area (Å²) in [6.45, 7) is 1.14. The van der Waals surface area contributed by atoms with Crippen LogP contribution < -0.4 is 0 Å². The van der Waals surface area contributed by atoms with Crippen molar-refractivity contribution in [2.75, 3.05) is 6.26 Å². The molecule has 0 unspecified atom stereocenters. The van der Waals surface area contributed by atoms with Gasteiger partial charge in [-0.2, -0.15) is 0 Å². The largest absolute Gasteiger partial charge is 0.385 e. The SMILES string of the molecule is C[C@](Cl)([C@H](O)c1ccccc1F)S(C)(=O)=O. The lowest BCUT2D eigenvalue weighted by Crippen LogP contribution is -2.35. The first-order valence-corrected chi connectivity index (χ1v) is 6.76. The third kappa shape index (κ3) is 2.36. The number of benzene rings is 1. The van der Waals surface area contributed by atoms with Crippen LogP contribution >= 0.6 is 11.6 Å². The fourth-order valence-corrected chi connectivity index (χ4v) is 1.83. The molecule has 1 aromatic carbocycles. The van der Waals surface area contributed by atoms with Gasteiger partial charge in [-0.05, 0) is 13.0 Å². The first kappa shape index (κ1) is 13.4. The highest BCUT2D eigenvalue weighted by molar-refractivity contribution is 7.93. The summed E-state index contributed by atoms with van der Waals surface area (Å²) < 4.78 is 34.1. The number of sulfone groups is 1. The van der Waals surface area contributed by atoms with Gasteiger partial charge in [-0.25, -0.2) is 12.8 Å². The number of alkyl halides is 1. The van der Waals surface area contributed by atoms with Crippen LogP contribution in [0.5, 0.6) is 0 Å². The zero-order chi connectivity index (χ0) is 12.6. The monoisotopic (exact) mass is 266 g/mol. The van der Waals surface area contributed by atoms with E-state index in [9.17, 15) is 17.9 Å². The van der Waals surface area contributed by atoms with Crippen molar-refractivity contribution in [1.82, 2.24) is 0 Å². The van der Waals surface area contributed by atoms with Crippen molar-refractivity contribution in [1.29, 1.82) is 0 Å². The summed E-state index contributed by atoms with van der Waals surface area (Å²) in [5.74, 6) is -0.689. The van der Waals surface area contributed by atoms with Gasteiger partial charge in [0.2, 0.25) is 0 Å². The summed E-state index contributed by atoms with van der Waals surface area (Å²) in [4.78, 5) is 0. The third-order valence-corrected chi connectivity index (χ3v) is 5.13. The molecule has 0 amide bonds. The van der Waals surface area contributed by atoms with E-state index in [4.69, 9.17) is 11.6 Å². The van der Waals surface area contributed by atoms with Crippen molar-refractivity contribution < 1.29 is 17.9 Å². The zero-order valence-corrected chi connectivity index (χ0v) is 10.4. The van der Waals surface area contributed by atoms with E-state index >= 15 is 0 Å². The van der Waals surface area contributed by atoms with Gasteiger partial charge in [0.15, 0.2) is 14.0 Å². The average Bonchev–Trinajstić information content (AvgIpc) is 2.15. The highest BCUT2D eigenvalue weighted by Crippen LogP contribution is 2.36. The molecule has 0 aliphatic carbocycles. The summed E-state index contributed by atoms with van der Waals surface area (Å²) in [5, 5.41) is 9.81. The first-order chi connectivity index (χ1) is 7.18. The summed E-state index contributed by atoms with van der Waals surface area (Å²) in [6, 6.07) is 5.37. The van der Waals surface area contributed by atoms with Crippen LogP contribution in [0.25, 0.3) is 0 Å². The Balaban J connectivity index is 3.23. The van der Waals surface area contributed by atoms with Gasteiger partial charge in [0.1, 0.15) is 11.9 Å². The maximum atomic E-state index is 13.3. The Kier molecular flexibility index (Phi) is 3.62. The van der Waals surface area contributed by atoms with E-state index in [1.54, 1.807) is 0 Å². The molecule has 0 saturated heterocycles. The van der Waals surface area contributed by atoms with E-state index in [-0.39, 0.29) is 5.56 Å². The topological polar surface area (TPSA) is 54.4 Å².